The molecular formula is C19H19N3O5S2. The summed E-state index contributed by atoms with van der Waals surface area (Å²) in [5.41, 5.74) is 0.596. The average Bonchev–Trinajstić information content (AvgIpc) is 3.07. The van der Waals surface area contributed by atoms with E-state index in [9.17, 15) is 13.2 Å². The summed E-state index contributed by atoms with van der Waals surface area (Å²) in [5.74, 6) is 0.614. The van der Waals surface area contributed by atoms with Gasteiger partial charge in [0.2, 0.25) is 5.91 Å². The maximum Gasteiger partial charge on any atom is 0.339 e. The zero-order valence-corrected chi connectivity index (χ0v) is 17.4. The summed E-state index contributed by atoms with van der Waals surface area (Å²) in [5, 5.41) is 10.9. The molecule has 10 heteroatoms. The highest BCUT2D eigenvalue weighted by Crippen LogP contribution is 2.23. The van der Waals surface area contributed by atoms with Crippen molar-refractivity contribution in [3.05, 3.63) is 54.1 Å². The molecule has 0 aromatic heterocycles. The van der Waals surface area contributed by atoms with Gasteiger partial charge in [0.15, 0.2) is 5.17 Å². The third kappa shape index (κ3) is 5.36. The van der Waals surface area contributed by atoms with Gasteiger partial charge in [0.25, 0.3) is 0 Å². The Labute approximate surface area is 173 Å². The summed E-state index contributed by atoms with van der Waals surface area (Å²) in [7, 11) is -2.48. The van der Waals surface area contributed by atoms with Crippen LogP contribution in [0.2, 0.25) is 0 Å². The van der Waals surface area contributed by atoms with Gasteiger partial charge in [-0.25, -0.2) is 0 Å². The number of nitrogens with zero attached hydrogens (tertiary/aromatic N) is 2. The maximum absolute atomic E-state index is 12.4. The Kier molecular flexibility index (Phi) is 6.55. The zero-order chi connectivity index (χ0) is 20.9. The number of methoxy groups -OCH3 is 1. The predicted octanol–water partition coefficient (Wildman–Crippen LogP) is 2.79. The van der Waals surface area contributed by atoms with E-state index in [0.717, 1.165) is 0 Å². The van der Waals surface area contributed by atoms with Crippen LogP contribution in [0.3, 0.4) is 0 Å². The van der Waals surface area contributed by atoms with E-state index in [1.54, 1.807) is 24.3 Å². The fourth-order valence-corrected chi connectivity index (χ4v) is 4.21. The van der Waals surface area contributed by atoms with E-state index in [0.29, 0.717) is 22.9 Å². The van der Waals surface area contributed by atoms with E-state index < -0.39 is 10.1 Å². The SMILES string of the molecule is CCC1S/C(=N\N=Cc2cccc(OS(=O)(=O)c3ccc(OC)cc3)c2)NC1=O. The lowest BCUT2D eigenvalue weighted by atomic mass is 10.2. The average molecular weight is 434 g/mol. The van der Waals surface area contributed by atoms with Gasteiger partial charge in [-0.05, 0) is 48.4 Å². The van der Waals surface area contributed by atoms with E-state index >= 15 is 0 Å². The number of carbonyl (C=O) groups excluding carboxylic acids is 1. The number of ether oxygens (including phenoxy) is 1. The fraction of sp³-hybridized carbons (Fsp3) is 0.211. The lowest BCUT2D eigenvalue weighted by molar-refractivity contribution is -0.118. The molecule has 0 bridgehead atoms. The number of rotatable bonds is 7. The Morgan fingerprint density at radius 1 is 1.17 bits per heavy atom. The molecule has 1 aliphatic rings. The summed E-state index contributed by atoms with van der Waals surface area (Å²) in [4.78, 5) is 11.7. The van der Waals surface area contributed by atoms with Crippen LogP contribution in [0.1, 0.15) is 18.9 Å². The number of benzene rings is 2. The van der Waals surface area contributed by atoms with Crippen molar-refractivity contribution in [1.82, 2.24) is 5.32 Å². The molecule has 1 atom stereocenters. The van der Waals surface area contributed by atoms with Gasteiger partial charge in [0, 0.05) is 0 Å². The number of nitrogens with one attached hydrogen (secondary N) is 1. The number of amidine groups is 1. The van der Waals surface area contributed by atoms with Gasteiger partial charge >= 0.3 is 10.1 Å². The number of hydrogen-bond acceptors (Lipinski definition) is 8. The van der Waals surface area contributed by atoms with Crippen molar-refractivity contribution in [2.45, 2.75) is 23.5 Å². The Hall–Kier alpha value is -2.85. The highest BCUT2D eigenvalue weighted by Gasteiger charge is 2.28. The van der Waals surface area contributed by atoms with Crippen molar-refractivity contribution in [1.29, 1.82) is 0 Å². The van der Waals surface area contributed by atoms with Gasteiger partial charge in [0.05, 0.1) is 18.6 Å². The number of thioether (sulfide) groups is 1. The van der Waals surface area contributed by atoms with Crippen LogP contribution in [0.5, 0.6) is 11.5 Å². The molecule has 2 aromatic carbocycles. The van der Waals surface area contributed by atoms with E-state index in [1.165, 1.54) is 49.4 Å². The number of amides is 1. The Balaban J connectivity index is 1.70. The Morgan fingerprint density at radius 2 is 1.93 bits per heavy atom. The molecule has 1 saturated heterocycles. The zero-order valence-electron chi connectivity index (χ0n) is 15.7. The predicted molar refractivity (Wildman–Crippen MR) is 112 cm³/mol. The van der Waals surface area contributed by atoms with Crippen LogP contribution in [0.4, 0.5) is 0 Å². The van der Waals surface area contributed by atoms with Crippen LogP contribution >= 0.6 is 11.8 Å². The molecule has 1 unspecified atom stereocenters. The molecule has 3 rings (SSSR count). The monoisotopic (exact) mass is 433 g/mol. The van der Waals surface area contributed by atoms with E-state index in [1.807, 2.05) is 6.92 Å². The lowest BCUT2D eigenvalue weighted by Gasteiger charge is -2.08. The van der Waals surface area contributed by atoms with Gasteiger partial charge in [-0.3, -0.25) is 4.79 Å². The molecule has 2 aromatic rings. The van der Waals surface area contributed by atoms with Gasteiger partial charge < -0.3 is 14.2 Å². The first-order valence-corrected chi connectivity index (χ1v) is 11.0. The minimum Gasteiger partial charge on any atom is -0.497 e. The van der Waals surface area contributed by atoms with Crippen LogP contribution in [0, 0.1) is 0 Å². The van der Waals surface area contributed by atoms with Crippen molar-refractivity contribution in [2.75, 3.05) is 7.11 Å². The fourth-order valence-electron chi connectivity index (χ4n) is 2.43. The maximum atomic E-state index is 12.4. The summed E-state index contributed by atoms with van der Waals surface area (Å²) >= 11 is 1.33. The third-order valence-electron chi connectivity index (χ3n) is 3.91. The van der Waals surface area contributed by atoms with Crippen LogP contribution < -0.4 is 14.2 Å². The van der Waals surface area contributed by atoms with Crippen molar-refractivity contribution in [3.63, 3.8) is 0 Å². The van der Waals surface area contributed by atoms with Crippen LogP contribution in [-0.4, -0.2) is 38.1 Å². The second-order valence-corrected chi connectivity index (χ2v) is 8.68. The summed E-state index contributed by atoms with van der Waals surface area (Å²) < 4.78 is 35.1. The second-order valence-electron chi connectivity index (χ2n) is 5.94. The quantitative estimate of drug-likeness (QED) is 0.409. The molecule has 0 aliphatic carbocycles. The molecule has 8 nitrogen and oxygen atoms in total. The molecule has 0 saturated carbocycles. The summed E-state index contributed by atoms with van der Waals surface area (Å²) in [6.07, 6.45) is 2.16. The van der Waals surface area contributed by atoms with E-state index in [-0.39, 0.29) is 21.8 Å². The molecule has 1 fully saturated rings. The highest BCUT2D eigenvalue weighted by atomic mass is 32.2. The third-order valence-corrected chi connectivity index (χ3v) is 6.42. The van der Waals surface area contributed by atoms with E-state index in [4.69, 9.17) is 8.92 Å². The molecular weight excluding hydrogens is 414 g/mol. The molecule has 0 spiro atoms. The standard InChI is InChI=1S/C19H19N3O5S2/c1-3-17-18(23)21-19(28-17)22-20-12-13-5-4-6-15(11-13)27-29(24,25)16-9-7-14(26-2)8-10-16/h4-12,17H,3H2,1-2H3,(H,21,22,23). The van der Waals surface area contributed by atoms with Crippen molar-refractivity contribution in [3.8, 4) is 11.5 Å². The summed E-state index contributed by atoms with van der Waals surface area (Å²) in [6, 6.07) is 12.3. The molecule has 1 heterocycles. The first-order chi connectivity index (χ1) is 13.9. The molecule has 152 valence electrons. The van der Waals surface area contributed by atoms with Crippen LogP contribution in [-0.2, 0) is 14.9 Å². The molecule has 29 heavy (non-hydrogen) atoms. The largest absolute Gasteiger partial charge is 0.497 e. The van der Waals surface area contributed by atoms with Gasteiger partial charge in [0.1, 0.15) is 16.4 Å². The van der Waals surface area contributed by atoms with Gasteiger partial charge in [-0.2, -0.15) is 13.5 Å². The molecule has 1 aliphatic heterocycles. The Bertz CT molecular complexity index is 1050. The van der Waals surface area contributed by atoms with Crippen LogP contribution in [0.15, 0.2) is 63.6 Å². The van der Waals surface area contributed by atoms with Gasteiger partial charge in [-0.1, -0.05) is 30.8 Å². The van der Waals surface area contributed by atoms with Crippen molar-refractivity contribution < 1.29 is 22.1 Å². The van der Waals surface area contributed by atoms with Crippen molar-refractivity contribution in [2.24, 2.45) is 10.2 Å². The molecule has 1 N–H and O–H groups in total. The number of carbonyl (C=O) groups is 1. The molecule has 1 amide bonds. The smallest absolute Gasteiger partial charge is 0.339 e. The normalized spacial score (nSPS) is 18.2. The highest BCUT2D eigenvalue weighted by molar-refractivity contribution is 8.15. The van der Waals surface area contributed by atoms with Gasteiger partial charge in [-0.15, -0.1) is 5.10 Å². The first kappa shape index (κ1) is 20.9. The minimum absolute atomic E-state index is 0.0169. The number of hydrogen-bond donors (Lipinski definition) is 1. The van der Waals surface area contributed by atoms with E-state index in [2.05, 4.69) is 15.5 Å². The lowest BCUT2D eigenvalue weighted by Crippen LogP contribution is -2.24. The first-order valence-electron chi connectivity index (χ1n) is 8.68. The minimum atomic E-state index is -3.98. The van der Waals surface area contributed by atoms with Crippen molar-refractivity contribution >= 4 is 39.2 Å². The summed E-state index contributed by atoms with van der Waals surface area (Å²) in [6.45, 7) is 1.93. The van der Waals surface area contributed by atoms with Crippen LogP contribution in [0.25, 0.3) is 0 Å². The molecule has 0 radical (unpaired) electrons. The Morgan fingerprint density at radius 3 is 2.59 bits per heavy atom. The topological polar surface area (TPSA) is 106 Å². The second kappa shape index (κ2) is 9.10.